The second-order valence-corrected chi connectivity index (χ2v) is 4.54. The molecule has 0 unspecified atom stereocenters. The Kier molecular flexibility index (Phi) is 6.63. The predicted octanol–water partition coefficient (Wildman–Crippen LogP) is 2.69. The predicted molar refractivity (Wildman–Crippen MR) is 73.1 cm³/mol. The van der Waals surface area contributed by atoms with E-state index < -0.39 is 0 Å². The standard InChI is InChI=1S/C14H25N3/c1-4-9-15-10-5-6-13(2)7-8-14-16-11-12-17(14)3/h6,11-12,15H,4-5,7-10H2,1-3H3/b13-6-. The SMILES string of the molecule is CCCNCC/C=C(/C)CCc1nccn1C. The van der Waals surface area contributed by atoms with Crippen molar-refractivity contribution in [3.05, 3.63) is 29.9 Å². The Morgan fingerprint density at radius 1 is 1.47 bits per heavy atom. The van der Waals surface area contributed by atoms with Gasteiger partial charge in [0.2, 0.25) is 0 Å². The van der Waals surface area contributed by atoms with E-state index in [1.807, 2.05) is 12.4 Å². The molecule has 0 bridgehead atoms. The van der Waals surface area contributed by atoms with Gasteiger partial charge in [-0.25, -0.2) is 4.98 Å². The van der Waals surface area contributed by atoms with Crippen LogP contribution in [0.25, 0.3) is 0 Å². The first-order chi connectivity index (χ1) is 8.24. The first kappa shape index (κ1) is 14.0. The van der Waals surface area contributed by atoms with Crippen molar-refractivity contribution in [2.75, 3.05) is 13.1 Å². The maximum atomic E-state index is 4.33. The Morgan fingerprint density at radius 3 is 2.94 bits per heavy atom. The van der Waals surface area contributed by atoms with Gasteiger partial charge < -0.3 is 9.88 Å². The van der Waals surface area contributed by atoms with E-state index in [2.05, 4.69) is 41.8 Å². The van der Waals surface area contributed by atoms with Crippen LogP contribution in [-0.4, -0.2) is 22.6 Å². The molecule has 0 spiro atoms. The molecule has 0 saturated carbocycles. The number of nitrogens with one attached hydrogen (secondary N) is 1. The zero-order valence-electron chi connectivity index (χ0n) is 11.4. The lowest BCUT2D eigenvalue weighted by Crippen LogP contribution is -2.15. The van der Waals surface area contributed by atoms with Crippen LogP contribution in [0.4, 0.5) is 0 Å². The summed E-state index contributed by atoms with van der Waals surface area (Å²) in [6.07, 6.45) is 10.7. The number of nitrogens with zero attached hydrogens (tertiary/aromatic N) is 2. The van der Waals surface area contributed by atoms with Crippen molar-refractivity contribution >= 4 is 0 Å². The van der Waals surface area contributed by atoms with E-state index in [0.29, 0.717) is 0 Å². The number of allylic oxidation sites excluding steroid dienone is 1. The highest BCUT2D eigenvalue weighted by Crippen LogP contribution is 2.07. The van der Waals surface area contributed by atoms with Crippen LogP contribution in [0, 0.1) is 0 Å². The molecule has 0 aliphatic heterocycles. The van der Waals surface area contributed by atoms with Crippen molar-refractivity contribution in [1.82, 2.24) is 14.9 Å². The van der Waals surface area contributed by atoms with E-state index in [9.17, 15) is 0 Å². The smallest absolute Gasteiger partial charge is 0.108 e. The molecule has 17 heavy (non-hydrogen) atoms. The van der Waals surface area contributed by atoms with Gasteiger partial charge >= 0.3 is 0 Å². The molecule has 3 nitrogen and oxygen atoms in total. The van der Waals surface area contributed by atoms with Crippen LogP contribution in [0.5, 0.6) is 0 Å². The van der Waals surface area contributed by atoms with Crippen LogP contribution in [0.1, 0.15) is 38.9 Å². The highest BCUT2D eigenvalue weighted by atomic mass is 15.0. The summed E-state index contributed by atoms with van der Waals surface area (Å²) < 4.78 is 2.09. The van der Waals surface area contributed by atoms with E-state index in [0.717, 1.165) is 32.4 Å². The minimum absolute atomic E-state index is 1.04. The molecule has 0 aliphatic carbocycles. The fraction of sp³-hybridized carbons (Fsp3) is 0.643. The van der Waals surface area contributed by atoms with Crippen molar-refractivity contribution in [1.29, 1.82) is 0 Å². The molecule has 0 radical (unpaired) electrons. The number of rotatable bonds is 8. The molecule has 3 heteroatoms. The summed E-state index contributed by atoms with van der Waals surface area (Å²) in [5, 5.41) is 3.41. The van der Waals surface area contributed by atoms with Crippen molar-refractivity contribution < 1.29 is 0 Å². The number of hydrogen-bond acceptors (Lipinski definition) is 2. The Labute approximate surface area is 105 Å². The van der Waals surface area contributed by atoms with Gasteiger partial charge in [0.15, 0.2) is 0 Å². The van der Waals surface area contributed by atoms with E-state index in [-0.39, 0.29) is 0 Å². The van der Waals surface area contributed by atoms with Gasteiger partial charge in [0.1, 0.15) is 5.82 Å². The van der Waals surface area contributed by atoms with Crippen molar-refractivity contribution in [2.45, 2.75) is 39.5 Å². The third-order valence-corrected chi connectivity index (χ3v) is 2.90. The lowest BCUT2D eigenvalue weighted by molar-refractivity contribution is 0.675. The molecule has 1 aromatic rings. The number of aromatic nitrogens is 2. The van der Waals surface area contributed by atoms with Gasteiger partial charge in [0.25, 0.3) is 0 Å². The van der Waals surface area contributed by atoms with E-state index in [1.54, 1.807) is 0 Å². The molecule has 0 saturated heterocycles. The second kappa shape index (κ2) is 8.07. The van der Waals surface area contributed by atoms with Crippen LogP contribution < -0.4 is 5.32 Å². The van der Waals surface area contributed by atoms with Crippen LogP contribution in [-0.2, 0) is 13.5 Å². The average molecular weight is 235 g/mol. The van der Waals surface area contributed by atoms with E-state index >= 15 is 0 Å². The second-order valence-electron chi connectivity index (χ2n) is 4.54. The zero-order valence-corrected chi connectivity index (χ0v) is 11.4. The molecule has 0 aliphatic rings. The van der Waals surface area contributed by atoms with Gasteiger partial charge in [-0.2, -0.15) is 0 Å². The van der Waals surface area contributed by atoms with Crippen molar-refractivity contribution in [3.8, 4) is 0 Å². The fourth-order valence-electron chi connectivity index (χ4n) is 1.77. The summed E-state index contributed by atoms with van der Waals surface area (Å²) in [5.74, 6) is 1.17. The van der Waals surface area contributed by atoms with Gasteiger partial charge in [0, 0.05) is 25.9 Å². The third-order valence-electron chi connectivity index (χ3n) is 2.90. The van der Waals surface area contributed by atoms with Crippen LogP contribution in [0.15, 0.2) is 24.0 Å². The Bertz CT molecular complexity index is 339. The molecule has 1 heterocycles. The lowest BCUT2D eigenvalue weighted by Gasteiger charge is -2.03. The summed E-state index contributed by atoms with van der Waals surface area (Å²) in [6.45, 7) is 6.62. The maximum absolute atomic E-state index is 4.33. The lowest BCUT2D eigenvalue weighted by atomic mass is 10.1. The van der Waals surface area contributed by atoms with Crippen LogP contribution >= 0.6 is 0 Å². The van der Waals surface area contributed by atoms with Crippen molar-refractivity contribution in [2.24, 2.45) is 7.05 Å². The van der Waals surface area contributed by atoms with Crippen LogP contribution in [0.2, 0.25) is 0 Å². The van der Waals surface area contributed by atoms with Gasteiger partial charge in [-0.1, -0.05) is 18.6 Å². The van der Waals surface area contributed by atoms with Crippen LogP contribution in [0.3, 0.4) is 0 Å². The van der Waals surface area contributed by atoms with Gasteiger partial charge in [-0.3, -0.25) is 0 Å². The van der Waals surface area contributed by atoms with Crippen molar-refractivity contribution in [3.63, 3.8) is 0 Å². The fourth-order valence-corrected chi connectivity index (χ4v) is 1.77. The molecule has 1 N–H and O–H groups in total. The monoisotopic (exact) mass is 235 g/mol. The molecule has 1 aromatic heterocycles. The molecule has 0 amide bonds. The molecule has 0 fully saturated rings. The Morgan fingerprint density at radius 2 is 2.29 bits per heavy atom. The summed E-state index contributed by atoms with van der Waals surface area (Å²) in [4.78, 5) is 4.33. The van der Waals surface area contributed by atoms with Gasteiger partial charge in [-0.15, -0.1) is 0 Å². The largest absolute Gasteiger partial charge is 0.338 e. The minimum Gasteiger partial charge on any atom is -0.338 e. The summed E-state index contributed by atoms with van der Waals surface area (Å²) in [6, 6.07) is 0. The average Bonchev–Trinajstić information content (AvgIpc) is 2.72. The molecular formula is C14H25N3. The zero-order chi connectivity index (χ0) is 12.5. The Hall–Kier alpha value is -1.09. The van der Waals surface area contributed by atoms with E-state index in [4.69, 9.17) is 0 Å². The summed E-state index contributed by atoms with van der Waals surface area (Å²) in [5.41, 5.74) is 1.46. The highest BCUT2D eigenvalue weighted by Gasteiger charge is 1.99. The molecular weight excluding hydrogens is 210 g/mol. The third kappa shape index (κ3) is 5.68. The van der Waals surface area contributed by atoms with E-state index in [1.165, 1.54) is 17.8 Å². The number of imidazole rings is 1. The Balaban J connectivity index is 2.18. The number of hydrogen-bond donors (Lipinski definition) is 1. The molecule has 0 aromatic carbocycles. The quantitative estimate of drug-likeness (QED) is 0.554. The van der Waals surface area contributed by atoms with Gasteiger partial charge in [-0.05, 0) is 39.3 Å². The molecule has 1 rings (SSSR count). The normalized spacial score (nSPS) is 12.1. The maximum Gasteiger partial charge on any atom is 0.108 e. The topological polar surface area (TPSA) is 29.9 Å². The highest BCUT2D eigenvalue weighted by molar-refractivity contribution is 5.02. The first-order valence-electron chi connectivity index (χ1n) is 6.56. The minimum atomic E-state index is 1.04. The summed E-state index contributed by atoms with van der Waals surface area (Å²) >= 11 is 0. The summed E-state index contributed by atoms with van der Waals surface area (Å²) in [7, 11) is 2.05. The van der Waals surface area contributed by atoms with Gasteiger partial charge in [0.05, 0.1) is 0 Å². The first-order valence-corrected chi connectivity index (χ1v) is 6.56. The molecule has 96 valence electrons. The molecule has 0 atom stereocenters. The number of aryl methyl sites for hydroxylation is 2.